The van der Waals surface area contributed by atoms with Crippen molar-refractivity contribution in [3.8, 4) is 0 Å². The lowest BCUT2D eigenvalue weighted by Gasteiger charge is -2.30. The van der Waals surface area contributed by atoms with Gasteiger partial charge in [-0.1, -0.05) is 12.8 Å². The number of aliphatic hydroxyl groups is 1. The highest BCUT2D eigenvalue weighted by atomic mass is 32.2. The Morgan fingerprint density at radius 3 is 2.52 bits per heavy atom. The summed E-state index contributed by atoms with van der Waals surface area (Å²) >= 11 is 0. The van der Waals surface area contributed by atoms with Gasteiger partial charge in [0.2, 0.25) is 10.0 Å². The van der Waals surface area contributed by atoms with Gasteiger partial charge in [0.1, 0.15) is 0 Å². The molecule has 2 unspecified atom stereocenters. The Balaban J connectivity index is 2.07. The molecule has 2 rings (SSSR count). The van der Waals surface area contributed by atoms with Crippen molar-refractivity contribution in [2.24, 2.45) is 11.8 Å². The first kappa shape index (κ1) is 16.3. The molecule has 1 aliphatic rings. The van der Waals surface area contributed by atoms with Crippen LogP contribution in [-0.4, -0.2) is 26.7 Å². The third kappa shape index (κ3) is 4.18. The highest BCUT2D eigenvalue weighted by molar-refractivity contribution is 7.89. The molecule has 4 N–H and O–H groups in total. The van der Waals surface area contributed by atoms with Crippen LogP contribution in [0.15, 0.2) is 23.1 Å². The van der Waals surface area contributed by atoms with E-state index in [0.29, 0.717) is 12.2 Å². The molecule has 1 saturated carbocycles. The van der Waals surface area contributed by atoms with Crippen molar-refractivity contribution in [1.29, 1.82) is 0 Å². The van der Waals surface area contributed by atoms with Crippen molar-refractivity contribution in [3.05, 3.63) is 23.8 Å². The van der Waals surface area contributed by atoms with E-state index in [4.69, 9.17) is 5.73 Å². The number of aliphatic hydroxyl groups excluding tert-OH is 1. The molecule has 0 radical (unpaired) electrons. The average Bonchev–Trinajstić information content (AvgIpc) is 2.44. The van der Waals surface area contributed by atoms with Gasteiger partial charge in [-0.3, -0.25) is 0 Å². The maximum absolute atomic E-state index is 12.3. The predicted molar refractivity (Wildman–Crippen MR) is 83.3 cm³/mol. The van der Waals surface area contributed by atoms with Crippen LogP contribution in [-0.2, 0) is 10.0 Å². The summed E-state index contributed by atoms with van der Waals surface area (Å²) in [7, 11) is -3.55. The predicted octanol–water partition coefficient (Wildman–Crippen LogP) is 1.65. The molecule has 0 spiro atoms. The largest absolute Gasteiger partial charge is 0.399 e. The lowest BCUT2D eigenvalue weighted by atomic mass is 9.80. The molecule has 1 fully saturated rings. The summed E-state index contributed by atoms with van der Waals surface area (Å²) < 4.78 is 27.4. The van der Waals surface area contributed by atoms with Crippen molar-refractivity contribution in [3.63, 3.8) is 0 Å². The standard InChI is InChI=1S/C15H24N2O3S/c1-11-6-14(16)8-15(7-11)21(19,20)17-9-12-4-2-3-5-13(12)10-18/h6-8,12-13,17-18H,2-5,9-10,16H2,1H3. The van der Waals surface area contributed by atoms with E-state index in [1.54, 1.807) is 12.1 Å². The van der Waals surface area contributed by atoms with Gasteiger partial charge in [0.05, 0.1) is 4.90 Å². The minimum absolute atomic E-state index is 0.129. The fraction of sp³-hybridized carbons (Fsp3) is 0.600. The number of aryl methyl sites for hydroxylation is 1. The fourth-order valence-electron chi connectivity index (χ4n) is 3.03. The van der Waals surface area contributed by atoms with Gasteiger partial charge < -0.3 is 10.8 Å². The smallest absolute Gasteiger partial charge is 0.240 e. The van der Waals surface area contributed by atoms with Gasteiger partial charge in [-0.2, -0.15) is 0 Å². The normalized spacial score (nSPS) is 23.1. The number of hydrogen-bond acceptors (Lipinski definition) is 4. The number of nitrogen functional groups attached to an aromatic ring is 1. The van der Waals surface area contributed by atoms with E-state index in [9.17, 15) is 13.5 Å². The Labute approximate surface area is 126 Å². The summed E-state index contributed by atoms with van der Waals surface area (Å²) in [4.78, 5) is 0.205. The minimum atomic E-state index is -3.55. The second kappa shape index (κ2) is 6.77. The summed E-state index contributed by atoms with van der Waals surface area (Å²) in [5.41, 5.74) is 6.98. The second-order valence-electron chi connectivity index (χ2n) is 5.92. The molecule has 0 saturated heterocycles. The summed E-state index contributed by atoms with van der Waals surface area (Å²) in [6.45, 7) is 2.32. The summed E-state index contributed by atoms with van der Waals surface area (Å²) in [5, 5.41) is 9.39. The molecule has 0 aliphatic heterocycles. The molecule has 21 heavy (non-hydrogen) atoms. The Hall–Kier alpha value is -1.11. The van der Waals surface area contributed by atoms with Crippen LogP contribution in [0, 0.1) is 18.8 Å². The SMILES string of the molecule is Cc1cc(N)cc(S(=O)(=O)NCC2CCCCC2CO)c1. The van der Waals surface area contributed by atoms with Crippen LogP contribution in [0.1, 0.15) is 31.2 Å². The highest BCUT2D eigenvalue weighted by Crippen LogP contribution is 2.29. The van der Waals surface area contributed by atoms with Crippen LogP contribution in [0.5, 0.6) is 0 Å². The third-order valence-electron chi connectivity index (χ3n) is 4.22. The van der Waals surface area contributed by atoms with Gasteiger partial charge >= 0.3 is 0 Å². The molecule has 0 amide bonds. The maximum atomic E-state index is 12.3. The summed E-state index contributed by atoms with van der Waals surface area (Å²) in [6, 6.07) is 4.82. The van der Waals surface area contributed by atoms with Gasteiger partial charge in [0, 0.05) is 18.8 Å². The number of nitrogens with one attached hydrogen (secondary N) is 1. The van der Waals surface area contributed by atoms with Crippen LogP contribution in [0.4, 0.5) is 5.69 Å². The zero-order chi connectivity index (χ0) is 15.5. The Kier molecular flexibility index (Phi) is 5.24. The number of sulfonamides is 1. The van der Waals surface area contributed by atoms with Gasteiger partial charge in [-0.25, -0.2) is 13.1 Å². The summed E-state index contributed by atoms with van der Waals surface area (Å²) in [5.74, 6) is 0.407. The van der Waals surface area contributed by atoms with Gasteiger partial charge in [-0.15, -0.1) is 0 Å². The molecular weight excluding hydrogens is 288 g/mol. The molecule has 0 bridgehead atoms. The average molecular weight is 312 g/mol. The first-order valence-corrected chi connectivity index (χ1v) is 8.88. The van der Waals surface area contributed by atoms with E-state index in [1.807, 2.05) is 6.92 Å². The van der Waals surface area contributed by atoms with Crippen molar-refractivity contribution < 1.29 is 13.5 Å². The topological polar surface area (TPSA) is 92.4 Å². The monoisotopic (exact) mass is 312 g/mol. The van der Waals surface area contributed by atoms with Gasteiger partial charge in [0.25, 0.3) is 0 Å². The lowest BCUT2D eigenvalue weighted by molar-refractivity contribution is 0.136. The van der Waals surface area contributed by atoms with Gasteiger partial charge in [-0.05, 0) is 55.4 Å². The van der Waals surface area contributed by atoms with Crippen molar-refractivity contribution in [2.45, 2.75) is 37.5 Å². The van der Waals surface area contributed by atoms with E-state index in [1.165, 1.54) is 6.07 Å². The molecule has 6 heteroatoms. The molecule has 1 aromatic carbocycles. The number of rotatable bonds is 5. The van der Waals surface area contributed by atoms with Crippen molar-refractivity contribution in [1.82, 2.24) is 4.72 Å². The maximum Gasteiger partial charge on any atom is 0.240 e. The van der Waals surface area contributed by atoms with Crippen molar-refractivity contribution >= 4 is 15.7 Å². The zero-order valence-corrected chi connectivity index (χ0v) is 13.2. The summed E-state index contributed by atoms with van der Waals surface area (Å²) in [6.07, 6.45) is 4.15. The number of anilines is 1. The number of benzene rings is 1. The Bertz CT molecular complexity index is 566. The first-order valence-electron chi connectivity index (χ1n) is 7.40. The van der Waals surface area contributed by atoms with Gasteiger partial charge in [0.15, 0.2) is 0 Å². The van der Waals surface area contributed by atoms with Crippen LogP contribution in [0.3, 0.4) is 0 Å². The second-order valence-corrected chi connectivity index (χ2v) is 7.69. The molecule has 5 nitrogen and oxygen atoms in total. The molecule has 118 valence electrons. The van der Waals surface area contributed by atoms with E-state index >= 15 is 0 Å². The fourth-order valence-corrected chi connectivity index (χ4v) is 4.26. The van der Waals surface area contributed by atoms with Crippen LogP contribution >= 0.6 is 0 Å². The van der Waals surface area contributed by atoms with E-state index < -0.39 is 10.0 Å². The number of hydrogen-bond donors (Lipinski definition) is 3. The molecule has 0 heterocycles. The molecule has 1 aromatic rings. The zero-order valence-electron chi connectivity index (χ0n) is 12.4. The molecule has 1 aliphatic carbocycles. The van der Waals surface area contributed by atoms with E-state index in [-0.39, 0.29) is 23.3 Å². The van der Waals surface area contributed by atoms with Crippen LogP contribution in [0.2, 0.25) is 0 Å². The quantitative estimate of drug-likeness (QED) is 0.721. The number of nitrogens with two attached hydrogens (primary N) is 1. The molecule has 2 atom stereocenters. The highest BCUT2D eigenvalue weighted by Gasteiger charge is 2.26. The van der Waals surface area contributed by atoms with Crippen LogP contribution in [0.25, 0.3) is 0 Å². The molecule has 0 aromatic heterocycles. The lowest BCUT2D eigenvalue weighted by Crippen LogP contribution is -2.35. The third-order valence-corrected chi connectivity index (χ3v) is 5.62. The first-order chi connectivity index (χ1) is 9.92. The Morgan fingerprint density at radius 1 is 1.24 bits per heavy atom. The molecular formula is C15H24N2O3S. The minimum Gasteiger partial charge on any atom is -0.399 e. The van der Waals surface area contributed by atoms with Crippen molar-refractivity contribution in [2.75, 3.05) is 18.9 Å². The van der Waals surface area contributed by atoms with E-state index in [2.05, 4.69) is 4.72 Å². The van der Waals surface area contributed by atoms with Crippen LogP contribution < -0.4 is 10.5 Å². The Morgan fingerprint density at radius 2 is 1.90 bits per heavy atom. The van der Waals surface area contributed by atoms with E-state index in [0.717, 1.165) is 31.2 Å².